The van der Waals surface area contributed by atoms with Gasteiger partial charge in [0, 0.05) is 5.69 Å². The van der Waals surface area contributed by atoms with Crippen LogP contribution < -0.4 is 0 Å². The first-order valence-corrected chi connectivity index (χ1v) is 7.07. The van der Waals surface area contributed by atoms with Crippen LogP contribution >= 0.6 is 11.3 Å². The number of oxime groups is 1. The Bertz CT molecular complexity index is 770. The molecule has 2 heterocycles. The van der Waals surface area contributed by atoms with Gasteiger partial charge in [-0.3, -0.25) is 4.40 Å². The van der Waals surface area contributed by atoms with Crippen molar-refractivity contribution in [1.29, 1.82) is 0 Å². The molecule has 98 valence electrons. The van der Waals surface area contributed by atoms with Crippen molar-refractivity contribution in [3.63, 3.8) is 0 Å². The number of benzene rings is 1. The van der Waals surface area contributed by atoms with Gasteiger partial charge in [0.15, 0.2) is 4.96 Å². The largest absolute Gasteiger partial charge is 0.396 e. The Hall–Kier alpha value is -1.88. The van der Waals surface area contributed by atoms with Gasteiger partial charge < -0.3 is 4.84 Å². The number of aryl methyl sites for hydroxylation is 1. The maximum absolute atomic E-state index is 5.13. The van der Waals surface area contributed by atoms with E-state index in [1.165, 1.54) is 0 Å². The lowest BCUT2D eigenvalue weighted by atomic mass is 10.3. The summed E-state index contributed by atoms with van der Waals surface area (Å²) in [6, 6.07) is 8.18. The minimum absolute atomic E-state index is 0.585. The number of hydrogen-bond acceptors (Lipinski definition) is 4. The van der Waals surface area contributed by atoms with Gasteiger partial charge in [0.25, 0.3) is 0 Å². The van der Waals surface area contributed by atoms with E-state index in [9.17, 15) is 0 Å². The number of fused-ring (bicyclic) bond motifs is 3. The van der Waals surface area contributed by atoms with Crippen LogP contribution in [0.4, 0.5) is 0 Å². The Morgan fingerprint density at radius 1 is 1.42 bits per heavy atom. The highest BCUT2D eigenvalue weighted by atomic mass is 32.1. The summed E-state index contributed by atoms with van der Waals surface area (Å²) in [6.07, 6.45) is 0. The first-order chi connectivity index (χ1) is 9.22. The molecule has 0 unspecified atom stereocenters. The van der Waals surface area contributed by atoms with Crippen molar-refractivity contribution >= 4 is 33.0 Å². The van der Waals surface area contributed by atoms with Gasteiger partial charge in [0.05, 0.1) is 21.6 Å². The van der Waals surface area contributed by atoms with Crippen LogP contribution in [-0.2, 0) is 4.84 Å². The van der Waals surface area contributed by atoms with Crippen LogP contribution in [0.25, 0.3) is 16.0 Å². The molecule has 4 nitrogen and oxygen atoms in total. The molecule has 3 aromatic rings. The summed E-state index contributed by atoms with van der Waals surface area (Å²) in [4.78, 5) is 11.9. The van der Waals surface area contributed by atoms with Crippen LogP contribution in [0.2, 0.25) is 0 Å². The minimum atomic E-state index is 0.585. The maximum atomic E-state index is 5.13. The Morgan fingerprint density at radius 3 is 3.00 bits per heavy atom. The quantitative estimate of drug-likeness (QED) is 0.540. The third-order valence-electron chi connectivity index (χ3n) is 3.05. The molecule has 0 aliphatic heterocycles. The lowest BCUT2D eigenvalue weighted by Crippen LogP contribution is -1.97. The van der Waals surface area contributed by atoms with E-state index in [4.69, 9.17) is 4.84 Å². The fraction of sp³-hybridized carbons (Fsp3) is 0.286. The van der Waals surface area contributed by atoms with E-state index in [1.54, 1.807) is 11.3 Å². The topological polar surface area (TPSA) is 38.9 Å². The predicted molar refractivity (Wildman–Crippen MR) is 79.1 cm³/mol. The summed E-state index contributed by atoms with van der Waals surface area (Å²) in [5, 5.41) is 4.11. The third kappa shape index (κ3) is 1.90. The van der Waals surface area contributed by atoms with Crippen LogP contribution in [0.15, 0.2) is 29.4 Å². The molecular formula is C14H15N3OS. The average Bonchev–Trinajstić information content (AvgIpc) is 2.93. The molecule has 1 aromatic carbocycles. The van der Waals surface area contributed by atoms with Crippen molar-refractivity contribution in [1.82, 2.24) is 9.38 Å². The molecule has 2 aromatic heterocycles. The van der Waals surface area contributed by atoms with E-state index in [2.05, 4.69) is 27.5 Å². The second-order valence-electron chi connectivity index (χ2n) is 4.33. The molecule has 0 atom stereocenters. The molecular weight excluding hydrogens is 258 g/mol. The van der Waals surface area contributed by atoms with Gasteiger partial charge >= 0.3 is 0 Å². The summed E-state index contributed by atoms with van der Waals surface area (Å²) < 4.78 is 2.18. The van der Waals surface area contributed by atoms with Crippen molar-refractivity contribution in [3.8, 4) is 0 Å². The van der Waals surface area contributed by atoms with Crippen molar-refractivity contribution in [2.45, 2.75) is 20.8 Å². The molecule has 0 aliphatic rings. The number of thiazole rings is 1. The van der Waals surface area contributed by atoms with Gasteiger partial charge in [0.1, 0.15) is 6.61 Å². The molecule has 0 saturated heterocycles. The fourth-order valence-electron chi connectivity index (χ4n) is 2.20. The second kappa shape index (κ2) is 4.66. The van der Waals surface area contributed by atoms with Crippen LogP contribution in [0.3, 0.4) is 0 Å². The zero-order valence-corrected chi connectivity index (χ0v) is 12.0. The highest BCUT2D eigenvalue weighted by Crippen LogP contribution is 2.28. The Balaban J connectivity index is 2.21. The summed E-state index contributed by atoms with van der Waals surface area (Å²) in [5.41, 5.74) is 4.23. The third-order valence-corrected chi connectivity index (χ3v) is 4.30. The summed E-state index contributed by atoms with van der Waals surface area (Å²) in [5.74, 6) is 0. The highest BCUT2D eigenvalue weighted by Gasteiger charge is 2.15. The number of hydrogen-bond donors (Lipinski definition) is 0. The number of aromatic nitrogens is 2. The van der Waals surface area contributed by atoms with Crippen LogP contribution in [0, 0.1) is 6.92 Å². The van der Waals surface area contributed by atoms with E-state index in [0.717, 1.165) is 32.3 Å². The van der Waals surface area contributed by atoms with E-state index in [1.807, 2.05) is 32.0 Å². The Morgan fingerprint density at radius 2 is 2.21 bits per heavy atom. The molecule has 0 bridgehead atoms. The van der Waals surface area contributed by atoms with Gasteiger partial charge in [-0.15, -0.1) is 0 Å². The first-order valence-electron chi connectivity index (χ1n) is 6.26. The lowest BCUT2D eigenvalue weighted by molar-refractivity contribution is 0.159. The van der Waals surface area contributed by atoms with Crippen molar-refractivity contribution in [2.75, 3.05) is 6.61 Å². The van der Waals surface area contributed by atoms with Crippen molar-refractivity contribution in [3.05, 3.63) is 34.8 Å². The zero-order valence-electron chi connectivity index (χ0n) is 11.2. The van der Waals surface area contributed by atoms with Crippen LogP contribution in [-0.4, -0.2) is 21.7 Å². The van der Waals surface area contributed by atoms with Crippen LogP contribution in [0.1, 0.15) is 24.4 Å². The average molecular weight is 273 g/mol. The Labute approximate surface area is 115 Å². The molecule has 0 saturated carbocycles. The zero-order chi connectivity index (χ0) is 13.4. The molecule has 3 rings (SSSR count). The second-order valence-corrected chi connectivity index (χ2v) is 5.31. The lowest BCUT2D eigenvalue weighted by Gasteiger charge is -2.00. The number of nitrogens with zero attached hydrogens (tertiary/aromatic N) is 3. The molecule has 0 spiro atoms. The maximum Gasteiger partial charge on any atom is 0.195 e. The van der Waals surface area contributed by atoms with Gasteiger partial charge in [-0.1, -0.05) is 28.6 Å². The van der Waals surface area contributed by atoms with E-state index < -0.39 is 0 Å². The predicted octanol–water partition coefficient (Wildman–Crippen LogP) is 3.62. The standard InChI is InChI=1S/C14H15N3OS/c1-4-18-16-9(2)13-10(3)17-12-8-6-5-7-11(12)15-14(17)19-13/h5-8H,4H2,1-3H3/b16-9+. The van der Waals surface area contributed by atoms with Gasteiger partial charge in [-0.05, 0) is 32.9 Å². The highest BCUT2D eigenvalue weighted by molar-refractivity contribution is 7.19. The van der Waals surface area contributed by atoms with Gasteiger partial charge in [0.2, 0.25) is 0 Å². The van der Waals surface area contributed by atoms with E-state index in [-0.39, 0.29) is 0 Å². The van der Waals surface area contributed by atoms with E-state index >= 15 is 0 Å². The first kappa shape index (κ1) is 12.2. The molecule has 5 heteroatoms. The van der Waals surface area contributed by atoms with E-state index in [0.29, 0.717) is 6.61 Å². The normalized spacial score (nSPS) is 12.5. The monoisotopic (exact) mass is 273 g/mol. The summed E-state index contributed by atoms with van der Waals surface area (Å²) >= 11 is 1.65. The smallest absolute Gasteiger partial charge is 0.195 e. The van der Waals surface area contributed by atoms with Crippen molar-refractivity contribution in [2.24, 2.45) is 5.16 Å². The summed E-state index contributed by atoms with van der Waals surface area (Å²) in [6.45, 7) is 6.58. The number of para-hydroxylation sites is 2. The number of imidazole rings is 1. The van der Waals surface area contributed by atoms with Crippen molar-refractivity contribution < 1.29 is 4.84 Å². The van der Waals surface area contributed by atoms with Gasteiger partial charge in [-0.2, -0.15) is 0 Å². The molecule has 0 N–H and O–H groups in total. The molecule has 0 radical (unpaired) electrons. The number of rotatable bonds is 3. The van der Waals surface area contributed by atoms with Gasteiger partial charge in [-0.25, -0.2) is 4.98 Å². The summed E-state index contributed by atoms with van der Waals surface area (Å²) in [7, 11) is 0. The van der Waals surface area contributed by atoms with Crippen LogP contribution in [0.5, 0.6) is 0 Å². The molecule has 0 fully saturated rings. The Kier molecular flexibility index (Phi) is 2.98. The SMILES string of the molecule is CCO/N=C(\C)c1sc2nc3ccccc3n2c1C. The molecule has 0 amide bonds. The molecule has 0 aliphatic carbocycles. The minimum Gasteiger partial charge on any atom is -0.396 e. The fourth-order valence-corrected chi connectivity index (χ4v) is 3.28. The molecule has 19 heavy (non-hydrogen) atoms.